The predicted molar refractivity (Wildman–Crippen MR) is 91.5 cm³/mol. The van der Waals surface area contributed by atoms with Crippen molar-refractivity contribution in [1.29, 1.82) is 0 Å². The van der Waals surface area contributed by atoms with Gasteiger partial charge in [-0.05, 0) is 35.7 Å². The molecular formula is C19H20N2O2. The first-order chi connectivity index (χ1) is 11.3. The van der Waals surface area contributed by atoms with Crippen LogP contribution in [0, 0.1) is 0 Å². The number of amides is 1. The maximum Gasteiger partial charge on any atom is 0.220 e. The van der Waals surface area contributed by atoms with Gasteiger partial charge in [0.15, 0.2) is 0 Å². The van der Waals surface area contributed by atoms with Crippen molar-refractivity contribution < 1.29 is 9.53 Å². The summed E-state index contributed by atoms with van der Waals surface area (Å²) >= 11 is 0. The molecule has 3 aromatic rings. The van der Waals surface area contributed by atoms with Gasteiger partial charge < -0.3 is 15.0 Å². The van der Waals surface area contributed by atoms with Crippen molar-refractivity contribution in [3.05, 3.63) is 65.9 Å². The number of hydrogen-bond donors (Lipinski definition) is 2. The van der Waals surface area contributed by atoms with Crippen LogP contribution in [0.5, 0.6) is 5.75 Å². The lowest BCUT2D eigenvalue weighted by atomic mass is 10.1. The van der Waals surface area contributed by atoms with Crippen molar-refractivity contribution >= 4 is 16.8 Å². The molecule has 0 radical (unpaired) electrons. The van der Waals surface area contributed by atoms with Crippen LogP contribution >= 0.6 is 0 Å². The van der Waals surface area contributed by atoms with Gasteiger partial charge in [-0.3, -0.25) is 4.79 Å². The molecule has 2 aromatic carbocycles. The summed E-state index contributed by atoms with van der Waals surface area (Å²) in [7, 11) is 1.64. The minimum atomic E-state index is 0.0538. The highest BCUT2D eigenvalue weighted by Crippen LogP contribution is 2.19. The Balaban J connectivity index is 1.53. The maximum absolute atomic E-state index is 12.0. The molecule has 1 heterocycles. The van der Waals surface area contributed by atoms with E-state index in [9.17, 15) is 4.79 Å². The van der Waals surface area contributed by atoms with Gasteiger partial charge >= 0.3 is 0 Å². The summed E-state index contributed by atoms with van der Waals surface area (Å²) in [5.41, 5.74) is 3.32. The zero-order valence-electron chi connectivity index (χ0n) is 13.1. The minimum absolute atomic E-state index is 0.0538. The largest absolute Gasteiger partial charge is 0.497 e. The normalized spacial score (nSPS) is 10.7. The first-order valence-electron chi connectivity index (χ1n) is 7.71. The van der Waals surface area contributed by atoms with E-state index in [-0.39, 0.29) is 5.91 Å². The Morgan fingerprint density at radius 3 is 2.91 bits per heavy atom. The molecule has 4 heteroatoms. The molecule has 0 saturated carbocycles. The summed E-state index contributed by atoms with van der Waals surface area (Å²) < 4.78 is 5.18. The lowest BCUT2D eigenvalue weighted by molar-refractivity contribution is -0.121. The van der Waals surface area contributed by atoms with E-state index < -0.39 is 0 Å². The zero-order valence-corrected chi connectivity index (χ0v) is 13.1. The molecule has 0 aliphatic heterocycles. The fraction of sp³-hybridized carbons (Fsp3) is 0.211. The van der Waals surface area contributed by atoms with Gasteiger partial charge in [0.1, 0.15) is 5.75 Å². The lowest BCUT2D eigenvalue weighted by Gasteiger charge is -2.07. The smallest absolute Gasteiger partial charge is 0.220 e. The molecule has 0 spiro atoms. The van der Waals surface area contributed by atoms with E-state index in [2.05, 4.69) is 16.4 Å². The van der Waals surface area contributed by atoms with Gasteiger partial charge in [0, 0.05) is 30.1 Å². The second-order valence-corrected chi connectivity index (χ2v) is 5.49. The van der Waals surface area contributed by atoms with Crippen molar-refractivity contribution in [2.45, 2.75) is 19.4 Å². The van der Waals surface area contributed by atoms with Crippen LogP contribution in [0.4, 0.5) is 0 Å². The average molecular weight is 308 g/mol. The van der Waals surface area contributed by atoms with E-state index in [0.29, 0.717) is 13.0 Å². The lowest BCUT2D eigenvalue weighted by Crippen LogP contribution is -2.22. The molecule has 3 rings (SSSR count). The number of nitrogens with one attached hydrogen (secondary N) is 2. The number of aromatic nitrogens is 1. The third kappa shape index (κ3) is 3.72. The number of methoxy groups -OCH3 is 1. The number of para-hydroxylation sites is 1. The van der Waals surface area contributed by atoms with Crippen molar-refractivity contribution in [1.82, 2.24) is 10.3 Å². The highest BCUT2D eigenvalue weighted by atomic mass is 16.5. The van der Waals surface area contributed by atoms with E-state index in [1.54, 1.807) is 7.11 Å². The second kappa shape index (κ2) is 7.01. The molecular weight excluding hydrogens is 288 g/mol. The van der Waals surface area contributed by atoms with Gasteiger partial charge in [-0.15, -0.1) is 0 Å². The Kier molecular flexibility index (Phi) is 4.62. The van der Waals surface area contributed by atoms with Crippen molar-refractivity contribution in [2.75, 3.05) is 7.11 Å². The third-order valence-electron chi connectivity index (χ3n) is 3.92. The molecule has 0 fully saturated rings. The molecule has 23 heavy (non-hydrogen) atoms. The number of hydrogen-bond acceptors (Lipinski definition) is 2. The number of ether oxygens (including phenoxy) is 1. The fourth-order valence-electron chi connectivity index (χ4n) is 2.66. The summed E-state index contributed by atoms with van der Waals surface area (Å²) in [6.07, 6.45) is 3.19. The van der Waals surface area contributed by atoms with E-state index in [1.165, 1.54) is 10.9 Å². The Bertz CT molecular complexity index is 808. The molecule has 4 nitrogen and oxygen atoms in total. The molecule has 1 aromatic heterocycles. The monoisotopic (exact) mass is 308 g/mol. The SMILES string of the molecule is COc1cccc(CNC(=O)CCc2c[nH]c3ccccc23)c1. The molecule has 0 aliphatic carbocycles. The summed E-state index contributed by atoms with van der Waals surface area (Å²) in [5, 5.41) is 4.14. The highest BCUT2D eigenvalue weighted by Gasteiger charge is 2.07. The first kappa shape index (κ1) is 15.2. The molecule has 0 saturated heterocycles. The van der Waals surface area contributed by atoms with E-state index in [0.717, 1.165) is 23.3 Å². The third-order valence-corrected chi connectivity index (χ3v) is 3.92. The molecule has 118 valence electrons. The molecule has 2 N–H and O–H groups in total. The van der Waals surface area contributed by atoms with Gasteiger partial charge in [0.25, 0.3) is 0 Å². The number of carbonyl (C=O) groups is 1. The Hall–Kier alpha value is -2.75. The van der Waals surface area contributed by atoms with Gasteiger partial charge in [-0.1, -0.05) is 30.3 Å². The predicted octanol–water partition coefficient (Wildman–Crippen LogP) is 3.43. The number of aromatic amines is 1. The van der Waals surface area contributed by atoms with Crippen LogP contribution in [-0.2, 0) is 17.8 Å². The van der Waals surface area contributed by atoms with Crippen LogP contribution in [0.3, 0.4) is 0 Å². The standard InChI is InChI=1S/C19H20N2O2/c1-23-16-6-4-5-14(11-16)12-21-19(22)10-9-15-13-20-18-8-3-2-7-17(15)18/h2-8,11,13,20H,9-10,12H2,1H3,(H,21,22). The van der Waals surface area contributed by atoms with Crippen LogP contribution in [0.15, 0.2) is 54.7 Å². The van der Waals surface area contributed by atoms with Crippen molar-refractivity contribution in [3.8, 4) is 5.75 Å². The number of H-pyrrole nitrogens is 1. The first-order valence-corrected chi connectivity index (χ1v) is 7.71. The van der Waals surface area contributed by atoms with Crippen LogP contribution in [0.1, 0.15) is 17.5 Å². The molecule has 0 atom stereocenters. The molecule has 0 aliphatic rings. The maximum atomic E-state index is 12.0. The number of benzene rings is 2. The summed E-state index contributed by atoms with van der Waals surface area (Å²) in [4.78, 5) is 15.3. The number of aryl methyl sites for hydroxylation is 1. The van der Waals surface area contributed by atoms with Gasteiger partial charge in [-0.2, -0.15) is 0 Å². The average Bonchev–Trinajstić information content (AvgIpc) is 3.01. The van der Waals surface area contributed by atoms with Gasteiger partial charge in [0.05, 0.1) is 7.11 Å². The minimum Gasteiger partial charge on any atom is -0.497 e. The topological polar surface area (TPSA) is 54.1 Å². The number of fused-ring (bicyclic) bond motifs is 1. The van der Waals surface area contributed by atoms with Gasteiger partial charge in [-0.25, -0.2) is 0 Å². The van der Waals surface area contributed by atoms with Crippen molar-refractivity contribution in [3.63, 3.8) is 0 Å². The fourth-order valence-corrected chi connectivity index (χ4v) is 2.66. The number of carbonyl (C=O) groups excluding carboxylic acids is 1. The van der Waals surface area contributed by atoms with Crippen LogP contribution < -0.4 is 10.1 Å². The Labute approximate surface area is 135 Å². The van der Waals surface area contributed by atoms with Gasteiger partial charge in [0.2, 0.25) is 5.91 Å². The van der Waals surface area contributed by atoms with Crippen LogP contribution in [0.2, 0.25) is 0 Å². The quantitative estimate of drug-likeness (QED) is 0.733. The van der Waals surface area contributed by atoms with Crippen molar-refractivity contribution in [2.24, 2.45) is 0 Å². The highest BCUT2D eigenvalue weighted by molar-refractivity contribution is 5.84. The van der Waals surface area contributed by atoms with E-state index in [4.69, 9.17) is 4.74 Å². The second-order valence-electron chi connectivity index (χ2n) is 5.49. The zero-order chi connectivity index (χ0) is 16.1. The summed E-state index contributed by atoms with van der Waals surface area (Å²) in [6.45, 7) is 0.518. The van der Waals surface area contributed by atoms with E-state index in [1.807, 2.05) is 48.7 Å². The Morgan fingerprint density at radius 2 is 2.04 bits per heavy atom. The molecule has 0 unspecified atom stereocenters. The van der Waals surface area contributed by atoms with Crippen LogP contribution in [0.25, 0.3) is 10.9 Å². The molecule has 1 amide bonds. The van der Waals surface area contributed by atoms with Crippen LogP contribution in [-0.4, -0.2) is 18.0 Å². The molecule has 0 bridgehead atoms. The summed E-state index contributed by atoms with van der Waals surface area (Å²) in [5.74, 6) is 0.855. The van der Waals surface area contributed by atoms with E-state index >= 15 is 0 Å². The Morgan fingerprint density at radius 1 is 1.17 bits per heavy atom. The summed E-state index contributed by atoms with van der Waals surface area (Å²) in [6, 6.07) is 15.9. The number of rotatable bonds is 6.